The average Bonchev–Trinajstić information content (AvgIpc) is 2.71. The van der Waals surface area contributed by atoms with E-state index in [2.05, 4.69) is 10.3 Å². The number of hydrogen-bond acceptors (Lipinski definition) is 4. The van der Waals surface area contributed by atoms with Crippen LogP contribution in [0.2, 0.25) is 5.02 Å². The number of hydrogen-bond donors (Lipinski definition) is 1. The summed E-state index contributed by atoms with van der Waals surface area (Å²) in [5.41, 5.74) is 7.29. The molecule has 0 saturated heterocycles. The minimum atomic E-state index is 0.423. The van der Waals surface area contributed by atoms with Gasteiger partial charge in [0.25, 0.3) is 0 Å². The number of nitrogen functional groups attached to an aromatic ring is 1. The Balaban J connectivity index is 2.59. The van der Waals surface area contributed by atoms with Crippen molar-refractivity contribution in [1.82, 2.24) is 15.0 Å². The van der Waals surface area contributed by atoms with Gasteiger partial charge in [0.2, 0.25) is 0 Å². The summed E-state index contributed by atoms with van der Waals surface area (Å²) in [4.78, 5) is 0. The van der Waals surface area contributed by atoms with Crippen LogP contribution in [0.1, 0.15) is 12.6 Å². The number of halogens is 1. The molecule has 0 aliphatic rings. The van der Waals surface area contributed by atoms with E-state index >= 15 is 0 Å². The lowest BCUT2D eigenvalue weighted by Gasteiger charge is -2.09. The van der Waals surface area contributed by atoms with Crippen LogP contribution in [-0.4, -0.2) is 22.1 Å². The molecule has 2 rings (SSSR count). The summed E-state index contributed by atoms with van der Waals surface area (Å²) in [5, 5.41) is 8.42. The van der Waals surface area contributed by atoms with E-state index in [9.17, 15) is 0 Å². The molecule has 0 spiro atoms. The van der Waals surface area contributed by atoms with Crippen molar-refractivity contribution in [3.05, 3.63) is 28.9 Å². The monoisotopic (exact) mass is 252 g/mol. The van der Waals surface area contributed by atoms with Crippen LogP contribution in [0, 0.1) is 0 Å². The third-order valence-electron chi connectivity index (χ3n) is 2.51. The zero-order valence-electron chi connectivity index (χ0n) is 9.64. The fourth-order valence-electron chi connectivity index (χ4n) is 1.62. The molecule has 0 saturated carbocycles. The summed E-state index contributed by atoms with van der Waals surface area (Å²) < 4.78 is 6.80. The zero-order chi connectivity index (χ0) is 12.4. The van der Waals surface area contributed by atoms with Gasteiger partial charge in [-0.25, -0.2) is 4.68 Å². The predicted molar refractivity (Wildman–Crippen MR) is 66.7 cm³/mol. The standard InChI is InChI=1S/C11H13ClN4O/c1-3-9-11(13)14-15-16(9)10-6-7(17-2)4-5-8(10)12/h4-6H,3,13H2,1-2H3. The Labute approximate surface area is 104 Å². The van der Waals surface area contributed by atoms with Gasteiger partial charge in [-0.05, 0) is 18.6 Å². The fraction of sp³-hybridized carbons (Fsp3) is 0.273. The Morgan fingerprint density at radius 3 is 2.88 bits per heavy atom. The van der Waals surface area contributed by atoms with Crippen molar-refractivity contribution in [2.24, 2.45) is 0 Å². The van der Waals surface area contributed by atoms with Crippen LogP contribution in [0.3, 0.4) is 0 Å². The normalized spacial score (nSPS) is 10.5. The predicted octanol–water partition coefficient (Wildman–Crippen LogP) is 2.07. The van der Waals surface area contributed by atoms with Crippen molar-refractivity contribution in [3.63, 3.8) is 0 Å². The van der Waals surface area contributed by atoms with Crippen molar-refractivity contribution in [3.8, 4) is 11.4 Å². The van der Waals surface area contributed by atoms with Crippen LogP contribution in [0.25, 0.3) is 5.69 Å². The molecule has 0 bridgehead atoms. The summed E-state index contributed by atoms with van der Waals surface area (Å²) >= 11 is 6.14. The van der Waals surface area contributed by atoms with E-state index in [1.807, 2.05) is 6.92 Å². The van der Waals surface area contributed by atoms with Crippen LogP contribution in [-0.2, 0) is 6.42 Å². The van der Waals surface area contributed by atoms with Crippen molar-refractivity contribution < 1.29 is 4.74 Å². The highest BCUT2D eigenvalue weighted by Crippen LogP contribution is 2.27. The first kappa shape index (κ1) is 11.7. The van der Waals surface area contributed by atoms with E-state index < -0.39 is 0 Å². The number of benzene rings is 1. The molecule has 0 fully saturated rings. The maximum absolute atomic E-state index is 6.14. The van der Waals surface area contributed by atoms with Crippen LogP contribution < -0.4 is 10.5 Å². The molecule has 2 N–H and O–H groups in total. The minimum absolute atomic E-state index is 0.423. The molecular formula is C11H13ClN4O. The Morgan fingerprint density at radius 1 is 1.47 bits per heavy atom. The number of rotatable bonds is 3. The van der Waals surface area contributed by atoms with Crippen LogP contribution in [0.15, 0.2) is 18.2 Å². The van der Waals surface area contributed by atoms with Gasteiger partial charge in [-0.2, -0.15) is 0 Å². The van der Waals surface area contributed by atoms with Gasteiger partial charge in [0.1, 0.15) is 5.75 Å². The van der Waals surface area contributed by atoms with Gasteiger partial charge < -0.3 is 10.5 Å². The van der Waals surface area contributed by atoms with Gasteiger partial charge >= 0.3 is 0 Å². The SMILES string of the molecule is CCc1c(N)nnn1-c1cc(OC)ccc1Cl. The molecule has 1 heterocycles. The van der Waals surface area contributed by atoms with Gasteiger partial charge in [0.05, 0.1) is 23.5 Å². The Hall–Kier alpha value is -1.75. The molecule has 5 nitrogen and oxygen atoms in total. The molecule has 90 valence electrons. The Kier molecular flexibility index (Phi) is 3.19. The topological polar surface area (TPSA) is 66.0 Å². The molecule has 0 aliphatic carbocycles. The molecule has 0 unspecified atom stereocenters. The number of ether oxygens (including phenoxy) is 1. The van der Waals surface area contributed by atoms with E-state index in [4.69, 9.17) is 22.1 Å². The molecule has 0 aliphatic heterocycles. The molecule has 6 heteroatoms. The average molecular weight is 253 g/mol. The summed E-state index contributed by atoms with van der Waals surface area (Å²) in [7, 11) is 1.60. The molecule has 0 amide bonds. The highest BCUT2D eigenvalue weighted by molar-refractivity contribution is 6.32. The Bertz CT molecular complexity index is 538. The molecule has 1 aromatic carbocycles. The lowest BCUT2D eigenvalue weighted by atomic mass is 10.2. The first-order valence-electron chi connectivity index (χ1n) is 5.21. The van der Waals surface area contributed by atoms with E-state index in [1.54, 1.807) is 30.0 Å². The summed E-state index contributed by atoms with van der Waals surface area (Å²) in [5.74, 6) is 1.13. The maximum Gasteiger partial charge on any atom is 0.169 e. The number of methoxy groups -OCH3 is 1. The highest BCUT2D eigenvalue weighted by Gasteiger charge is 2.13. The van der Waals surface area contributed by atoms with Crippen LogP contribution in [0.4, 0.5) is 5.82 Å². The van der Waals surface area contributed by atoms with Crippen LogP contribution in [0.5, 0.6) is 5.75 Å². The third-order valence-corrected chi connectivity index (χ3v) is 2.83. The summed E-state index contributed by atoms with van der Waals surface area (Å²) in [6.45, 7) is 1.99. The highest BCUT2D eigenvalue weighted by atomic mass is 35.5. The largest absolute Gasteiger partial charge is 0.497 e. The smallest absolute Gasteiger partial charge is 0.169 e. The van der Waals surface area contributed by atoms with E-state index in [-0.39, 0.29) is 0 Å². The van der Waals surface area contributed by atoms with Gasteiger partial charge in [0.15, 0.2) is 5.82 Å². The molecule has 0 radical (unpaired) electrons. The quantitative estimate of drug-likeness (QED) is 0.908. The summed E-state index contributed by atoms with van der Waals surface area (Å²) in [6, 6.07) is 5.35. The maximum atomic E-state index is 6.14. The first-order valence-corrected chi connectivity index (χ1v) is 5.59. The number of nitrogens with zero attached hydrogens (tertiary/aromatic N) is 3. The molecule has 2 aromatic rings. The van der Waals surface area contributed by atoms with E-state index in [0.29, 0.717) is 22.3 Å². The summed E-state index contributed by atoms with van der Waals surface area (Å²) in [6.07, 6.45) is 0.729. The van der Waals surface area contributed by atoms with Gasteiger partial charge in [-0.1, -0.05) is 23.7 Å². The van der Waals surface area contributed by atoms with Gasteiger partial charge in [-0.15, -0.1) is 5.10 Å². The second kappa shape index (κ2) is 4.63. The molecule has 1 aromatic heterocycles. The van der Waals surface area contributed by atoms with Crippen molar-refractivity contribution in [2.75, 3.05) is 12.8 Å². The van der Waals surface area contributed by atoms with Gasteiger partial charge in [-0.3, -0.25) is 0 Å². The number of aromatic nitrogens is 3. The van der Waals surface area contributed by atoms with Crippen molar-refractivity contribution >= 4 is 17.4 Å². The lowest BCUT2D eigenvalue weighted by Crippen LogP contribution is -2.03. The van der Waals surface area contributed by atoms with Gasteiger partial charge in [0, 0.05) is 6.07 Å². The van der Waals surface area contributed by atoms with Crippen LogP contribution >= 0.6 is 11.6 Å². The fourth-order valence-corrected chi connectivity index (χ4v) is 1.82. The Morgan fingerprint density at radius 2 is 2.24 bits per heavy atom. The molecule has 0 atom stereocenters. The molecular weight excluding hydrogens is 240 g/mol. The second-order valence-electron chi connectivity index (χ2n) is 3.50. The second-order valence-corrected chi connectivity index (χ2v) is 3.91. The molecule has 17 heavy (non-hydrogen) atoms. The minimum Gasteiger partial charge on any atom is -0.497 e. The van der Waals surface area contributed by atoms with Crippen molar-refractivity contribution in [1.29, 1.82) is 0 Å². The third kappa shape index (κ3) is 2.06. The van der Waals surface area contributed by atoms with E-state index in [1.165, 1.54) is 0 Å². The zero-order valence-corrected chi connectivity index (χ0v) is 10.4. The number of anilines is 1. The number of nitrogens with two attached hydrogens (primary N) is 1. The lowest BCUT2D eigenvalue weighted by molar-refractivity contribution is 0.414. The van der Waals surface area contributed by atoms with E-state index in [0.717, 1.165) is 12.1 Å². The first-order chi connectivity index (χ1) is 8.17. The van der Waals surface area contributed by atoms with Crippen molar-refractivity contribution in [2.45, 2.75) is 13.3 Å².